The first-order valence-corrected chi connectivity index (χ1v) is 10.3. The van der Waals surface area contributed by atoms with Gasteiger partial charge in [-0.1, -0.05) is 57.0 Å². The molecule has 0 spiro atoms. The van der Waals surface area contributed by atoms with Gasteiger partial charge in [-0.25, -0.2) is 0 Å². The number of fused-ring (bicyclic) bond motifs is 1. The molecule has 0 aliphatic carbocycles. The molecule has 4 atom stereocenters. The minimum Gasteiger partial charge on any atom is -0.0939 e. The van der Waals surface area contributed by atoms with Crippen LogP contribution in [0.3, 0.4) is 0 Å². The first kappa shape index (κ1) is 11.9. The summed E-state index contributed by atoms with van der Waals surface area (Å²) in [6.07, 6.45) is 0. The SMILES string of the molecule is CC1CSSCC(C)C2CSSCC12. The molecule has 2 aliphatic rings. The second-order valence-electron chi connectivity index (χ2n) is 4.42. The molecule has 82 valence electrons. The summed E-state index contributed by atoms with van der Waals surface area (Å²) in [6, 6.07) is 0. The third-order valence-electron chi connectivity index (χ3n) is 3.36. The number of rotatable bonds is 0. The zero-order valence-electron chi connectivity index (χ0n) is 8.77. The molecule has 4 heteroatoms. The molecule has 2 rings (SSSR count). The van der Waals surface area contributed by atoms with E-state index in [1.165, 1.54) is 23.0 Å². The minimum atomic E-state index is 0.925. The van der Waals surface area contributed by atoms with E-state index in [2.05, 4.69) is 57.0 Å². The number of hydrogen-bond donors (Lipinski definition) is 0. The Balaban J connectivity index is 2.06. The molecule has 2 fully saturated rings. The summed E-state index contributed by atoms with van der Waals surface area (Å²) in [5, 5.41) is 0. The maximum Gasteiger partial charge on any atom is 0.00712 e. The lowest BCUT2D eigenvalue weighted by atomic mass is 9.79. The predicted molar refractivity (Wildman–Crippen MR) is 75.1 cm³/mol. The first-order valence-electron chi connectivity index (χ1n) is 5.28. The van der Waals surface area contributed by atoms with Gasteiger partial charge >= 0.3 is 0 Å². The molecule has 0 aromatic rings. The van der Waals surface area contributed by atoms with Gasteiger partial charge in [0, 0.05) is 23.0 Å². The van der Waals surface area contributed by atoms with Crippen LogP contribution in [0.15, 0.2) is 0 Å². The lowest BCUT2D eigenvalue weighted by Gasteiger charge is -2.39. The van der Waals surface area contributed by atoms with Gasteiger partial charge in [0.2, 0.25) is 0 Å². The van der Waals surface area contributed by atoms with Gasteiger partial charge in [0.25, 0.3) is 0 Å². The molecule has 0 radical (unpaired) electrons. The fourth-order valence-electron chi connectivity index (χ4n) is 2.23. The topological polar surface area (TPSA) is 0 Å². The van der Waals surface area contributed by atoms with Crippen molar-refractivity contribution in [1.29, 1.82) is 0 Å². The van der Waals surface area contributed by atoms with Crippen LogP contribution in [-0.4, -0.2) is 23.0 Å². The second kappa shape index (κ2) is 5.65. The standard InChI is InChI=1S/C10H18S4/c1-7-3-11-12-4-8(2)10-6-14-13-5-9(7)10/h7-10H,3-6H2,1-2H3. The molecule has 2 saturated heterocycles. The summed E-state index contributed by atoms with van der Waals surface area (Å²) in [5.74, 6) is 9.35. The Bertz CT molecular complexity index is 165. The molecule has 0 saturated carbocycles. The molecule has 0 N–H and O–H groups in total. The van der Waals surface area contributed by atoms with Crippen LogP contribution < -0.4 is 0 Å². The monoisotopic (exact) mass is 266 g/mol. The average Bonchev–Trinajstić information content (AvgIpc) is 2.22. The molecule has 0 aromatic carbocycles. The van der Waals surface area contributed by atoms with Gasteiger partial charge in [-0.2, -0.15) is 0 Å². The Hall–Kier alpha value is 1.40. The van der Waals surface area contributed by atoms with Crippen molar-refractivity contribution in [1.82, 2.24) is 0 Å². The largest absolute Gasteiger partial charge is 0.0939 e. The maximum atomic E-state index is 2.46. The summed E-state index contributed by atoms with van der Waals surface area (Å²) in [5.41, 5.74) is 0. The van der Waals surface area contributed by atoms with Crippen molar-refractivity contribution >= 4 is 43.2 Å². The zero-order chi connectivity index (χ0) is 9.97. The summed E-state index contributed by atoms with van der Waals surface area (Å²) in [6.45, 7) is 4.92. The van der Waals surface area contributed by atoms with Crippen LogP contribution in [0, 0.1) is 23.7 Å². The predicted octanol–water partition coefficient (Wildman–Crippen LogP) is 4.28. The van der Waals surface area contributed by atoms with Crippen molar-refractivity contribution < 1.29 is 0 Å². The van der Waals surface area contributed by atoms with Crippen molar-refractivity contribution in [2.24, 2.45) is 23.7 Å². The highest BCUT2D eigenvalue weighted by atomic mass is 33.1. The van der Waals surface area contributed by atoms with Crippen LogP contribution in [0.25, 0.3) is 0 Å². The molecule has 0 nitrogen and oxygen atoms in total. The quantitative estimate of drug-likeness (QED) is 0.600. The highest BCUT2D eigenvalue weighted by Gasteiger charge is 2.35. The Labute approximate surface area is 103 Å². The molecular weight excluding hydrogens is 248 g/mol. The van der Waals surface area contributed by atoms with E-state index in [4.69, 9.17) is 0 Å². The van der Waals surface area contributed by atoms with E-state index in [0.717, 1.165) is 23.7 Å². The molecule has 0 aromatic heterocycles. The molecular formula is C10H18S4. The summed E-state index contributed by atoms with van der Waals surface area (Å²) in [4.78, 5) is 0. The van der Waals surface area contributed by atoms with Crippen LogP contribution in [0.2, 0.25) is 0 Å². The maximum absolute atomic E-state index is 2.46. The van der Waals surface area contributed by atoms with Gasteiger partial charge in [0.1, 0.15) is 0 Å². The van der Waals surface area contributed by atoms with Gasteiger partial charge in [0.05, 0.1) is 0 Å². The van der Waals surface area contributed by atoms with Crippen molar-refractivity contribution in [3.63, 3.8) is 0 Å². The summed E-state index contributed by atoms with van der Waals surface area (Å²) < 4.78 is 0. The van der Waals surface area contributed by atoms with E-state index < -0.39 is 0 Å². The molecule has 14 heavy (non-hydrogen) atoms. The van der Waals surface area contributed by atoms with Crippen LogP contribution >= 0.6 is 43.2 Å². The van der Waals surface area contributed by atoms with Gasteiger partial charge in [0.15, 0.2) is 0 Å². The molecule has 2 aliphatic heterocycles. The van der Waals surface area contributed by atoms with Crippen molar-refractivity contribution in [2.75, 3.05) is 23.0 Å². The smallest absolute Gasteiger partial charge is 0.00712 e. The van der Waals surface area contributed by atoms with E-state index in [0.29, 0.717) is 0 Å². The minimum absolute atomic E-state index is 0.925. The third kappa shape index (κ3) is 2.74. The van der Waals surface area contributed by atoms with E-state index >= 15 is 0 Å². The Kier molecular flexibility index (Phi) is 4.79. The first-order chi connectivity index (χ1) is 6.79. The van der Waals surface area contributed by atoms with Gasteiger partial charge < -0.3 is 0 Å². The zero-order valence-corrected chi connectivity index (χ0v) is 12.0. The average molecular weight is 267 g/mol. The lowest BCUT2D eigenvalue weighted by molar-refractivity contribution is 0.249. The molecule has 4 unspecified atom stereocenters. The van der Waals surface area contributed by atoms with Gasteiger partial charge in [-0.3, -0.25) is 0 Å². The van der Waals surface area contributed by atoms with Crippen LogP contribution in [0.1, 0.15) is 13.8 Å². The van der Waals surface area contributed by atoms with Crippen molar-refractivity contribution in [2.45, 2.75) is 13.8 Å². The van der Waals surface area contributed by atoms with E-state index in [-0.39, 0.29) is 0 Å². The van der Waals surface area contributed by atoms with Gasteiger partial charge in [-0.15, -0.1) is 0 Å². The highest BCUT2D eigenvalue weighted by molar-refractivity contribution is 8.77. The normalized spacial score (nSPS) is 45.0. The van der Waals surface area contributed by atoms with Crippen LogP contribution in [-0.2, 0) is 0 Å². The number of hydrogen-bond acceptors (Lipinski definition) is 4. The second-order valence-corrected chi connectivity index (χ2v) is 9.52. The summed E-state index contributed by atoms with van der Waals surface area (Å²) >= 11 is 0. The van der Waals surface area contributed by atoms with E-state index in [1.54, 1.807) is 0 Å². The molecule has 2 heterocycles. The van der Waals surface area contributed by atoms with Crippen molar-refractivity contribution in [3.8, 4) is 0 Å². The van der Waals surface area contributed by atoms with E-state index in [9.17, 15) is 0 Å². The fraction of sp³-hybridized carbons (Fsp3) is 1.00. The van der Waals surface area contributed by atoms with Crippen molar-refractivity contribution in [3.05, 3.63) is 0 Å². The Morgan fingerprint density at radius 1 is 0.643 bits per heavy atom. The molecule has 0 amide bonds. The molecule has 0 bridgehead atoms. The fourth-order valence-corrected chi connectivity index (χ4v) is 8.39. The lowest BCUT2D eigenvalue weighted by Crippen LogP contribution is -2.35. The van der Waals surface area contributed by atoms with Crippen LogP contribution in [0.4, 0.5) is 0 Å². The van der Waals surface area contributed by atoms with Crippen LogP contribution in [0.5, 0.6) is 0 Å². The Morgan fingerprint density at radius 2 is 1.00 bits per heavy atom. The third-order valence-corrected chi connectivity index (χ3v) is 8.69. The summed E-state index contributed by atoms with van der Waals surface area (Å²) in [7, 11) is 8.40. The Morgan fingerprint density at radius 3 is 1.43 bits per heavy atom. The van der Waals surface area contributed by atoms with E-state index in [1.807, 2.05) is 0 Å². The van der Waals surface area contributed by atoms with Gasteiger partial charge in [-0.05, 0) is 23.7 Å². The highest BCUT2D eigenvalue weighted by Crippen LogP contribution is 2.47.